The summed E-state index contributed by atoms with van der Waals surface area (Å²) >= 11 is 0. The summed E-state index contributed by atoms with van der Waals surface area (Å²) in [5.74, 6) is -1.07. The van der Waals surface area contributed by atoms with Gasteiger partial charge in [-0.3, -0.25) is 9.69 Å². The molecule has 0 spiro atoms. The summed E-state index contributed by atoms with van der Waals surface area (Å²) in [7, 11) is 1.32. The van der Waals surface area contributed by atoms with Crippen molar-refractivity contribution in [1.29, 1.82) is 0 Å². The lowest BCUT2D eigenvalue weighted by Gasteiger charge is -2.28. The largest absolute Gasteiger partial charge is 0.464 e. The third kappa shape index (κ3) is 6.80. The second-order valence-corrected chi connectivity index (χ2v) is 10.4. The van der Waals surface area contributed by atoms with Gasteiger partial charge in [0.15, 0.2) is 0 Å². The van der Waals surface area contributed by atoms with Crippen molar-refractivity contribution in [3.8, 4) is 0 Å². The molecule has 0 atom stereocenters. The number of aromatic amines is 1. The molecule has 8 nitrogen and oxygen atoms in total. The van der Waals surface area contributed by atoms with Crippen LogP contribution in [0.5, 0.6) is 0 Å². The molecule has 4 aromatic rings. The van der Waals surface area contributed by atoms with Crippen LogP contribution in [0.15, 0.2) is 54.7 Å². The summed E-state index contributed by atoms with van der Waals surface area (Å²) in [5.41, 5.74) is 3.71. The van der Waals surface area contributed by atoms with Crippen LogP contribution < -0.4 is 10.6 Å². The molecule has 3 N–H and O–H groups in total. The van der Waals surface area contributed by atoms with Crippen molar-refractivity contribution in [2.45, 2.75) is 32.5 Å². The number of hydrogen-bond acceptors (Lipinski definition) is 6. The van der Waals surface area contributed by atoms with E-state index in [4.69, 9.17) is 4.74 Å². The van der Waals surface area contributed by atoms with Crippen LogP contribution >= 0.6 is 0 Å². The summed E-state index contributed by atoms with van der Waals surface area (Å²) in [6.45, 7) is 4.95. The number of esters is 1. The number of nitrogens with one attached hydrogen (secondary N) is 3. The van der Waals surface area contributed by atoms with E-state index in [9.17, 15) is 22.8 Å². The molecule has 1 aliphatic heterocycles. The van der Waals surface area contributed by atoms with Crippen LogP contribution in [0.2, 0.25) is 0 Å². The number of nitrogens with zero attached hydrogens (tertiary/aromatic N) is 2. The number of ether oxygens (including phenoxy) is 1. The molecule has 11 heteroatoms. The Hall–Kier alpha value is -4.22. The van der Waals surface area contributed by atoms with Crippen molar-refractivity contribution >= 4 is 28.6 Å². The van der Waals surface area contributed by atoms with Crippen molar-refractivity contribution in [3.63, 3.8) is 0 Å². The number of hydrogen-bond donors (Lipinski definition) is 3. The van der Waals surface area contributed by atoms with Gasteiger partial charge in [-0.2, -0.15) is 13.2 Å². The number of aromatic nitrogens is 2. The molecule has 2 aromatic heterocycles. The quantitative estimate of drug-likeness (QED) is 0.251. The Kier molecular flexibility index (Phi) is 8.60. The standard InChI is InChI=1S/C31H32F3N5O3/c1-19-3-8-25(14-21(19)5-4-20-13-24-16-27(30(41)42-2)38-28(24)36-17-20)37-29(40)22-6-7-23(26(15-22)31(32,33)34)18-39-11-9-35-10-12-39/h3,6-8,13-17,35H,4-5,9-12,18H2,1-2H3,(H,36,38)(H,37,40). The van der Waals surface area contributed by atoms with E-state index in [1.807, 2.05) is 30.0 Å². The van der Waals surface area contributed by atoms with Crippen LogP contribution in [0.3, 0.4) is 0 Å². The lowest BCUT2D eigenvalue weighted by atomic mass is 10.00. The number of carbonyl (C=O) groups is 2. The zero-order chi connectivity index (χ0) is 29.9. The number of amides is 1. The van der Waals surface area contributed by atoms with Crippen LogP contribution in [0.25, 0.3) is 11.0 Å². The SMILES string of the molecule is COC(=O)c1cc2cc(CCc3cc(NC(=O)c4ccc(CN5CCNCC5)c(C(F)(F)F)c4)ccc3C)cnc2[nH]1. The van der Waals surface area contributed by atoms with Crippen LogP contribution in [0, 0.1) is 6.92 Å². The summed E-state index contributed by atoms with van der Waals surface area (Å²) < 4.78 is 46.6. The Balaban J connectivity index is 1.28. The van der Waals surface area contributed by atoms with Gasteiger partial charge >= 0.3 is 12.1 Å². The molecular weight excluding hydrogens is 547 g/mol. The number of anilines is 1. The predicted octanol–water partition coefficient (Wildman–Crippen LogP) is 5.12. The molecule has 0 saturated carbocycles. The fourth-order valence-electron chi connectivity index (χ4n) is 5.15. The van der Waals surface area contributed by atoms with E-state index in [-0.39, 0.29) is 17.7 Å². The highest BCUT2D eigenvalue weighted by Crippen LogP contribution is 2.34. The highest BCUT2D eigenvalue weighted by molar-refractivity contribution is 6.04. The smallest absolute Gasteiger partial charge is 0.416 e. The van der Waals surface area contributed by atoms with E-state index in [2.05, 4.69) is 20.6 Å². The normalized spacial score (nSPS) is 14.2. The molecule has 1 saturated heterocycles. The molecule has 1 aliphatic rings. The predicted molar refractivity (Wildman–Crippen MR) is 154 cm³/mol. The van der Waals surface area contributed by atoms with Gasteiger partial charge in [-0.15, -0.1) is 0 Å². The van der Waals surface area contributed by atoms with Gasteiger partial charge in [-0.1, -0.05) is 12.1 Å². The number of H-pyrrole nitrogens is 1. The molecule has 3 heterocycles. The Labute approximate surface area is 241 Å². The van der Waals surface area contributed by atoms with Gasteiger partial charge in [0, 0.05) is 55.6 Å². The number of halogens is 3. The molecule has 0 bridgehead atoms. The van der Waals surface area contributed by atoms with Gasteiger partial charge < -0.3 is 20.4 Å². The second kappa shape index (κ2) is 12.3. The minimum atomic E-state index is -4.57. The first kappa shape index (κ1) is 29.3. The van der Waals surface area contributed by atoms with E-state index in [1.54, 1.807) is 18.3 Å². The number of aryl methyl sites for hydroxylation is 3. The zero-order valence-corrected chi connectivity index (χ0v) is 23.4. The average molecular weight is 580 g/mol. The molecule has 220 valence electrons. The van der Waals surface area contributed by atoms with E-state index >= 15 is 0 Å². The van der Waals surface area contributed by atoms with Crippen LogP contribution in [-0.2, 0) is 30.3 Å². The number of benzene rings is 2. The molecule has 1 fully saturated rings. The number of alkyl halides is 3. The maximum absolute atomic E-state index is 13.9. The highest BCUT2D eigenvalue weighted by atomic mass is 19.4. The Bertz CT molecular complexity index is 1610. The fraction of sp³-hybridized carbons (Fsp3) is 0.323. The topological polar surface area (TPSA) is 99.3 Å². The lowest BCUT2D eigenvalue weighted by Crippen LogP contribution is -2.43. The van der Waals surface area contributed by atoms with Crippen molar-refractivity contribution in [3.05, 3.63) is 93.8 Å². The van der Waals surface area contributed by atoms with Crippen LogP contribution in [-0.4, -0.2) is 60.0 Å². The number of rotatable bonds is 8. The molecule has 0 aliphatic carbocycles. The van der Waals surface area contributed by atoms with E-state index in [0.717, 1.165) is 41.2 Å². The first-order valence-corrected chi connectivity index (χ1v) is 13.7. The van der Waals surface area contributed by atoms with Gasteiger partial charge in [0.2, 0.25) is 0 Å². The van der Waals surface area contributed by atoms with E-state index in [1.165, 1.54) is 19.2 Å². The summed E-state index contributed by atoms with van der Waals surface area (Å²) in [6, 6.07) is 12.9. The minimum Gasteiger partial charge on any atom is -0.464 e. The first-order valence-electron chi connectivity index (χ1n) is 13.7. The van der Waals surface area contributed by atoms with E-state index in [0.29, 0.717) is 43.0 Å². The number of pyridine rings is 1. The third-order valence-electron chi connectivity index (χ3n) is 7.50. The van der Waals surface area contributed by atoms with Crippen molar-refractivity contribution in [2.24, 2.45) is 0 Å². The van der Waals surface area contributed by atoms with Crippen molar-refractivity contribution in [1.82, 2.24) is 20.2 Å². The molecule has 5 rings (SSSR count). The lowest BCUT2D eigenvalue weighted by molar-refractivity contribution is -0.138. The summed E-state index contributed by atoms with van der Waals surface area (Å²) in [6.07, 6.45) is -1.53. The number of methoxy groups -OCH3 is 1. The van der Waals surface area contributed by atoms with E-state index < -0.39 is 23.6 Å². The summed E-state index contributed by atoms with van der Waals surface area (Å²) in [5, 5.41) is 6.75. The Morgan fingerprint density at radius 3 is 2.55 bits per heavy atom. The van der Waals surface area contributed by atoms with Gasteiger partial charge in [0.25, 0.3) is 5.91 Å². The monoisotopic (exact) mass is 579 g/mol. The molecule has 2 aromatic carbocycles. The maximum Gasteiger partial charge on any atom is 0.416 e. The maximum atomic E-state index is 13.9. The van der Waals surface area contributed by atoms with Gasteiger partial charge in [-0.05, 0) is 78.4 Å². The fourth-order valence-corrected chi connectivity index (χ4v) is 5.15. The third-order valence-corrected chi connectivity index (χ3v) is 7.50. The Morgan fingerprint density at radius 2 is 1.81 bits per heavy atom. The zero-order valence-electron chi connectivity index (χ0n) is 23.4. The summed E-state index contributed by atoms with van der Waals surface area (Å²) in [4.78, 5) is 34.1. The van der Waals surface area contributed by atoms with Crippen molar-refractivity contribution < 1.29 is 27.5 Å². The van der Waals surface area contributed by atoms with Gasteiger partial charge in [0.05, 0.1) is 12.7 Å². The molecule has 42 heavy (non-hydrogen) atoms. The first-order chi connectivity index (χ1) is 20.1. The van der Waals surface area contributed by atoms with Crippen LogP contribution in [0.1, 0.15) is 48.7 Å². The average Bonchev–Trinajstić information content (AvgIpc) is 3.41. The van der Waals surface area contributed by atoms with Crippen molar-refractivity contribution in [2.75, 3.05) is 38.6 Å². The van der Waals surface area contributed by atoms with Gasteiger partial charge in [0.1, 0.15) is 11.3 Å². The molecule has 0 unspecified atom stereocenters. The Morgan fingerprint density at radius 1 is 1.02 bits per heavy atom. The molecule has 1 amide bonds. The number of piperazine rings is 1. The second-order valence-electron chi connectivity index (χ2n) is 10.4. The van der Waals surface area contributed by atoms with Gasteiger partial charge in [-0.25, -0.2) is 9.78 Å². The minimum absolute atomic E-state index is 0.0503. The van der Waals surface area contributed by atoms with Crippen LogP contribution in [0.4, 0.5) is 18.9 Å². The highest BCUT2D eigenvalue weighted by Gasteiger charge is 2.34. The number of fused-ring (bicyclic) bond motifs is 1. The molecule has 0 radical (unpaired) electrons. The molecular formula is C31H32F3N5O3. The number of carbonyl (C=O) groups excluding carboxylic acids is 2.